The van der Waals surface area contributed by atoms with Gasteiger partial charge >= 0.3 is 0 Å². The highest BCUT2D eigenvalue weighted by Crippen LogP contribution is 2.19. The maximum atomic E-state index is 4.66. The van der Waals surface area contributed by atoms with Crippen LogP contribution in [0.4, 0.5) is 11.5 Å². The molecule has 0 radical (unpaired) electrons. The van der Waals surface area contributed by atoms with Crippen LogP contribution in [-0.4, -0.2) is 50.2 Å². The molecule has 0 aliphatic carbocycles. The molecule has 0 unspecified atom stereocenters. The van der Waals surface area contributed by atoms with Crippen molar-refractivity contribution in [2.45, 2.75) is 32.4 Å². The molecule has 1 fully saturated rings. The average molecular weight is 405 g/mol. The second-order valence-electron chi connectivity index (χ2n) is 8.01. The highest BCUT2D eigenvalue weighted by molar-refractivity contribution is 5.80. The smallest absolute Gasteiger partial charge is 0.191 e. The van der Waals surface area contributed by atoms with Crippen molar-refractivity contribution < 1.29 is 0 Å². The van der Waals surface area contributed by atoms with Crippen molar-refractivity contribution in [3.8, 4) is 0 Å². The lowest BCUT2D eigenvalue weighted by atomic mass is 10.1. The fourth-order valence-corrected chi connectivity index (χ4v) is 4.04. The SMILES string of the molecule is CN=C(NCc1ccc(N2CC=CC2)cc1)NC1CCN(c2cccc(C)n2)CC1. The minimum atomic E-state index is 0.433. The van der Waals surface area contributed by atoms with Gasteiger partial charge in [0, 0.05) is 57.2 Å². The van der Waals surface area contributed by atoms with Crippen molar-refractivity contribution in [1.29, 1.82) is 0 Å². The molecule has 2 aliphatic heterocycles. The van der Waals surface area contributed by atoms with Gasteiger partial charge in [0.1, 0.15) is 5.82 Å². The Morgan fingerprint density at radius 2 is 1.77 bits per heavy atom. The molecule has 158 valence electrons. The van der Waals surface area contributed by atoms with Crippen LogP contribution in [0.2, 0.25) is 0 Å². The predicted molar refractivity (Wildman–Crippen MR) is 125 cm³/mol. The first-order valence-electron chi connectivity index (χ1n) is 10.9. The number of hydrogen-bond acceptors (Lipinski definition) is 4. The molecule has 2 aliphatic rings. The summed E-state index contributed by atoms with van der Waals surface area (Å²) in [4.78, 5) is 13.8. The summed E-state index contributed by atoms with van der Waals surface area (Å²) in [7, 11) is 1.84. The van der Waals surface area contributed by atoms with Gasteiger partial charge in [-0.05, 0) is 49.6 Å². The van der Waals surface area contributed by atoms with Crippen LogP contribution in [-0.2, 0) is 6.54 Å². The topological polar surface area (TPSA) is 55.8 Å². The van der Waals surface area contributed by atoms with Crippen LogP contribution in [0, 0.1) is 6.92 Å². The number of aryl methyl sites for hydroxylation is 1. The Morgan fingerprint density at radius 3 is 2.43 bits per heavy atom. The molecule has 4 rings (SSSR count). The minimum absolute atomic E-state index is 0.433. The summed E-state index contributed by atoms with van der Waals surface area (Å²) in [6.45, 7) is 6.85. The van der Waals surface area contributed by atoms with Gasteiger partial charge < -0.3 is 20.4 Å². The van der Waals surface area contributed by atoms with Crippen molar-refractivity contribution in [2.75, 3.05) is 43.0 Å². The van der Waals surface area contributed by atoms with E-state index in [-0.39, 0.29) is 0 Å². The third-order valence-electron chi connectivity index (χ3n) is 5.84. The number of nitrogens with zero attached hydrogens (tertiary/aromatic N) is 4. The van der Waals surface area contributed by atoms with E-state index in [1.165, 1.54) is 11.3 Å². The van der Waals surface area contributed by atoms with Gasteiger partial charge in [0.05, 0.1) is 0 Å². The van der Waals surface area contributed by atoms with Gasteiger partial charge in [0.2, 0.25) is 0 Å². The van der Waals surface area contributed by atoms with E-state index in [0.717, 1.165) is 63.0 Å². The highest BCUT2D eigenvalue weighted by atomic mass is 15.2. The Labute approximate surface area is 179 Å². The number of aromatic nitrogens is 1. The standard InChI is InChI=1S/C24H32N6/c1-19-6-5-7-23(27-19)30-16-12-21(13-17-30)28-24(25-2)26-18-20-8-10-22(11-9-20)29-14-3-4-15-29/h3-11,21H,12-18H2,1-2H3,(H2,25,26,28). The summed E-state index contributed by atoms with van der Waals surface area (Å²) in [5.41, 5.74) is 3.61. The second-order valence-corrected chi connectivity index (χ2v) is 8.01. The van der Waals surface area contributed by atoms with Crippen LogP contribution < -0.4 is 20.4 Å². The number of aliphatic imine (C=N–C) groups is 1. The van der Waals surface area contributed by atoms with Gasteiger partial charge in [0.15, 0.2) is 5.96 Å². The minimum Gasteiger partial charge on any atom is -0.364 e. The first-order chi connectivity index (χ1) is 14.7. The van der Waals surface area contributed by atoms with Crippen LogP contribution in [0.25, 0.3) is 0 Å². The number of guanidine groups is 1. The van der Waals surface area contributed by atoms with Crippen LogP contribution in [0.15, 0.2) is 59.6 Å². The molecule has 0 saturated carbocycles. The first kappa shape index (κ1) is 20.3. The van der Waals surface area contributed by atoms with E-state index in [1.807, 2.05) is 20.0 Å². The molecule has 30 heavy (non-hydrogen) atoms. The molecule has 1 aromatic carbocycles. The molecular weight excluding hydrogens is 372 g/mol. The van der Waals surface area contributed by atoms with Crippen molar-refractivity contribution in [1.82, 2.24) is 15.6 Å². The van der Waals surface area contributed by atoms with E-state index >= 15 is 0 Å². The normalized spacial score (nSPS) is 17.5. The van der Waals surface area contributed by atoms with E-state index in [2.05, 4.69) is 79.0 Å². The Balaban J connectivity index is 1.23. The molecule has 6 heteroatoms. The van der Waals surface area contributed by atoms with Crippen molar-refractivity contribution >= 4 is 17.5 Å². The molecule has 0 spiro atoms. The summed E-state index contributed by atoms with van der Waals surface area (Å²) in [6, 6.07) is 15.5. The molecule has 0 amide bonds. The molecule has 0 atom stereocenters. The zero-order chi connectivity index (χ0) is 20.8. The molecule has 3 heterocycles. The Kier molecular flexibility index (Phi) is 6.52. The largest absolute Gasteiger partial charge is 0.364 e. The predicted octanol–water partition coefficient (Wildman–Crippen LogP) is 3.10. The lowest BCUT2D eigenvalue weighted by Crippen LogP contribution is -2.48. The lowest BCUT2D eigenvalue weighted by Gasteiger charge is -2.34. The summed E-state index contributed by atoms with van der Waals surface area (Å²) in [5.74, 6) is 1.96. The number of benzene rings is 1. The zero-order valence-electron chi connectivity index (χ0n) is 18.0. The molecule has 2 aromatic rings. The van der Waals surface area contributed by atoms with E-state index in [0.29, 0.717) is 6.04 Å². The van der Waals surface area contributed by atoms with E-state index in [1.54, 1.807) is 0 Å². The van der Waals surface area contributed by atoms with Gasteiger partial charge in [-0.25, -0.2) is 4.98 Å². The summed E-state index contributed by atoms with van der Waals surface area (Å²) in [5, 5.41) is 7.05. The molecule has 6 nitrogen and oxygen atoms in total. The summed E-state index contributed by atoms with van der Waals surface area (Å²) in [6.07, 6.45) is 6.59. The summed E-state index contributed by atoms with van der Waals surface area (Å²) < 4.78 is 0. The molecule has 1 aromatic heterocycles. The quantitative estimate of drug-likeness (QED) is 0.456. The molecule has 1 saturated heterocycles. The lowest BCUT2D eigenvalue weighted by molar-refractivity contribution is 0.459. The number of hydrogen-bond donors (Lipinski definition) is 2. The van der Waals surface area contributed by atoms with E-state index in [9.17, 15) is 0 Å². The maximum Gasteiger partial charge on any atom is 0.191 e. The fraction of sp³-hybridized carbons (Fsp3) is 0.417. The first-order valence-corrected chi connectivity index (χ1v) is 10.9. The van der Waals surface area contributed by atoms with Gasteiger partial charge in [0.25, 0.3) is 0 Å². The second kappa shape index (κ2) is 9.65. The average Bonchev–Trinajstić information content (AvgIpc) is 3.32. The molecule has 2 N–H and O–H groups in total. The fourth-order valence-electron chi connectivity index (χ4n) is 4.04. The number of piperidine rings is 1. The van der Waals surface area contributed by atoms with Crippen LogP contribution in [0.3, 0.4) is 0 Å². The molecule has 0 bridgehead atoms. The Bertz CT molecular complexity index is 873. The maximum absolute atomic E-state index is 4.66. The Hall–Kier alpha value is -3.02. The monoisotopic (exact) mass is 404 g/mol. The van der Waals surface area contributed by atoms with Crippen molar-refractivity contribution in [2.24, 2.45) is 4.99 Å². The zero-order valence-corrected chi connectivity index (χ0v) is 18.0. The van der Waals surface area contributed by atoms with Gasteiger partial charge in [-0.2, -0.15) is 0 Å². The van der Waals surface area contributed by atoms with Crippen molar-refractivity contribution in [3.63, 3.8) is 0 Å². The third-order valence-corrected chi connectivity index (χ3v) is 5.84. The van der Waals surface area contributed by atoms with Gasteiger partial charge in [-0.15, -0.1) is 0 Å². The van der Waals surface area contributed by atoms with Crippen molar-refractivity contribution in [3.05, 3.63) is 65.9 Å². The van der Waals surface area contributed by atoms with E-state index < -0.39 is 0 Å². The van der Waals surface area contributed by atoms with E-state index in [4.69, 9.17) is 0 Å². The number of rotatable bonds is 5. The van der Waals surface area contributed by atoms with Crippen LogP contribution >= 0.6 is 0 Å². The number of nitrogens with one attached hydrogen (secondary N) is 2. The van der Waals surface area contributed by atoms with Gasteiger partial charge in [-0.3, -0.25) is 4.99 Å². The summed E-state index contributed by atoms with van der Waals surface area (Å²) >= 11 is 0. The Morgan fingerprint density at radius 1 is 1.03 bits per heavy atom. The highest BCUT2D eigenvalue weighted by Gasteiger charge is 2.21. The number of anilines is 2. The van der Waals surface area contributed by atoms with Crippen LogP contribution in [0.5, 0.6) is 0 Å². The van der Waals surface area contributed by atoms with Crippen LogP contribution in [0.1, 0.15) is 24.1 Å². The number of pyridine rings is 1. The third kappa shape index (κ3) is 5.12. The molecular formula is C24H32N6. The van der Waals surface area contributed by atoms with Gasteiger partial charge in [-0.1, -0.05) is 30.4 Å².